The van der Waals surface area contributed by atoms with E-state index in [-0.39, 0.29) is 0 Å². The van der Waals surface area contributed by atoms with Crippen molar-refractivity contribution < 1.29 is 9.46 Å². The summed E-state index contributed by atoms with van der Waals surface area (Å²) in [6.45, 7) is 8.87. The summed E-state index contributed by atoms with van der Waals surface area (Å²) in [6, 6.07) is 0. The Morgan fingerprint density at radius 1 is 0.684 bits per heavy atom. The maximum atomic E-state index is 11.9. The maximum Gasteiger partial charge on any atom is 0.236 e. The number of hydrogen-bond acceptors (Lipinski definition) is 1. The van der Waals surface area contributed by atoms with Crippen molar-refractivity contribution in [3.05, 3.63) is 0 Å². The smallest absolute Gasteiger partial charge is 0.236 e. The highest BCUT2D eigenvalue weighted by molar-refractivity contribution is 7.57. The summed E-state index contributed by atoms with van der Waals surface area (Å²) in [4.78, 5) is 11.9. The zero-order chi connectivity index (χ0) is 14.7. The van der Waals surface area contributed by atoms with Crippen LogP contribution in [-0.4, -0.2) is 12.3 Å². The van der Waals surface area contributed by atoms with Gasteiger partial charge in [0.25, 0.3) is 0 Å². The molecule has 0 heterocycles. The van der Waals surface area contributed by atoms with Crippen LogP contribution < -0.4 is 0 Å². The zero-order valence-corrected chi connectivity index (χ0v) is 14.4. The summed E-state index contributed by atoms with van der Waals surface area (Å²) in [7, 11) is -3.07. The molecule has 0 bridgehead atoms. The lowest BCUT2D eigenvalue weighted by Gasteiger charge is -2.10. The first-order valence-corrected chi connectivity index (χ1v) is 10.1. The first-order chi connectivity index (χ1) is 8.83. The molecule has 0 saturated heterocycles. The molecule has 115 valence electrons. The van der Waals surface area contributed by atoms with Gasteiger partial charge in [-0.2, -0.15) is 4.89 Å². The van der Waals surface area contributed by atoms with Gasteiger partial charge in [-0.3, -0.25) is 4.57 Å². The number of rotatable bonds is 12. The van der Waals surface area contributed by atoms with Gasteiger partial charge >= 0.3 is 0 Å². The van der Waals surface area contributed by atoms with Gasteiger partial charge in [-0.15, -0.1) is 0 Å². The van der Waals surface area contributed by atoms with Crippen molar-refractivity contribution in [1.29, 1.82) is 0 Å². The van der Waals surface area contributed by atoms with Crippen molar-refractivity contribution in [1.82, 2.24) is 0 Å². The molecule has 3 heteroatoms. The predicted octanol–water partition coefficient (Wildman–Crippen LogP) is 6.13. The molecule has 0 aromatic heterocycles. The van der Waals surface area contributed by atoms with E-state index in [1.807, 2.05) is 0 Å². The molecular weight excluding hydrogens is 255 g/mol. The fraction of sp³-hybridized carbons (Fsp3) is 1.00. The third-order valence-corrected chi connectivity index (χ3v) is 5.56. The van der Waals surface area contributed by atoms with E-state index in [0.717, 1.165) is 37.5 Å². The Morgan fingerprint density at radius 3 is 1.37 bits per heavy atom. The minimum absolute atomic E-state index is 0.426. The van der Waals surface area contributed by atoms with Crippen LogP contribution in [0.3, 0.4) is 0 Å². The monoisotopic (exact) mass is 289 g/mol. The van der Waals surface area contributed by atoms with Crippen LogP contribution in [0.2, 0.25) is 0 Å². The molecule has 0 aromatic carbocycles. The summed E-state index contributed by atoms with van der Waals surface area (Å²) in [6.07, 6.45) is 9.49. The molecule has 0 fully saturated rings. The van der Waals surface area contributed by atoms with E-state index in [1.165, 1.54) is 25.7 Å². The van der Waals surface area contributed by atoms with Gasteiger partial charge in [0.1, 0.15) is 0 Å². The van der Waals surface area contributed by atoms with Gasteiger partial charge in [0.15, 0.2) is 0 Å². The molecular formula is C16H34O2P. The molecule has 0 aliphatic carbocycles. The zero-order valence-electron chi connectivity index (χ0n) is 13.5. The normalized spacial score (nSPS) is 12.6. The quantitative estimate of drug-likeness (QED) is 0.314. The Balaban J connectivity index is 3.50. The van der Waals surface area contributed by atoms with Crippen LogP contribution in [0.25, 0.3) is 0 Å². The highest BCUT2D eigenvalue weighted by Gasteiger charge is 2.19. The summed E-state index contributed by atoms with van der Waals surface area (Å²) in [5.41, 5.74) is 0. The molecule has 0 rings (SSSR count). The SMILES string of the molecule is CC(C)CCCCCP([O])(=O)CCCCCC(C)C. The van der Waals surface area contributed by atoms with Crippen LogP contribution in [-0.2, 0) is 9.46 Å². The lowest BCUT2D eigenvalue weighted by molar-refractivity contribution is 0.403. The van der Waals surface area contributed by atoms with E-state index in [1.54, 1.807) is 0 Å². The highest BCUT2D eigenvalue weighted by atomic mass is 31.2. The fourth-order valence-corrected chi connectivity index (χ4v) is 3.91. The predicted molar refractivity (Wildman–Crippen MR) is 84.6 cm³/mol. The first-order valence-electron chi connectivity index (χ1n) is 8.12. The van der Waals surface area contributed by atoms with Crippen LogP contribution in [0, 0.1) is 11.8 Å². The Bertz CT molecular complexity index is 227. The molecule has 19 heavy (non-hydrogen) atoms. The summed E-state index contributed by atoms with van der Waals surface area (Å²) >= 11 is 0. The molecule has 0 amide bonds. The van der Waals surface area contributed by atoms with Crippen LogP contribution in [0.15, 0.2) is 0 Å². The molecule has 2 nitrogen and oxygen atoms in total. The minimum atomic E-state index is -3.07. The summed E-state index contributed by atoms with van der Waals surface area (Å²) < 4.78 is 11.9. The lowest BCUT2D eigenvalue weighted by atomic mass is 10.1. The summed E-state index contributed by atoms with van der Waals surface area (Å²) in [5.74, 6) is 1.47. The van der Waals surface area contributed by atoms with Gasteiger partial charge in [0.05, 0.1) is 0 Å². The maximum absolute atomic E-state index is 11.9. The van der Waals surface area contributed by atoms with Crippen molar-refractivity contribution in [2.75, 3.05) is 12.3 Å². The second-order valence-corrected chi connectivity index (χ2v) is 9.27. The van der Waals surface area contributed by atoms with Crippen molar-refractivity contribution in [2.45, 2.75) is 79.1 Å². The molecule has 0 aliphatic heterocycles. The Kier molecular flexibility index (Phi) is 11.0. The average Bonchev–Trinajstić information content (AvgIpc) is 2.27. The minimum Gasteiger partial charge on any atom is -0.290 e. The lowest BCUT2D eigenvalue weighted by Crippen LogP contribution is -1.96. The Hall–Kier alpha value is 0.190. The molecule has 0 unspecified atom stereocenters. The van der Waals surface area contributed by atoms with Crippen LogP contribution >= 0.6 is 7.37 Å². The third kappa shape index (κ3) is 14.4. The Morgan fingerprint density at radius 2 is 1.05 bits per heavy atom. The van der Waals surface area contributed by atoms with Gasteiger partial charge in [0.2, 0.25) is 7.37 Å². The summed E-state index contributed by atoms with van der Waals surface area (Å²) in [5, 5.41) is 0. The highest BCUT2D eigenvalue weighted by Crippen LogP contribution is 2.43. The van der Waals surface area contributed by atoms with Crippen molar-refractivity contribution in [3.63, 3.8) is 0 Å². The number of hydrogen-bond donors (Lipinski definition) is 0. The number of unbranched alkanes of at least 4 members (excludes halogenated alkanes) is 4. The van der Waals surface area contributed by atoms with Crippen molar-refractivity contribution >= 4 is 7.37 Å². The van der Waals surface area contributed by atoms with Gasteiger partial charge in [-0.05, 0) is 24.7 Å². The molecule has 0 atom stereocenters. The Labute approximate surface area is 120 Å². The second kappa shape index (κ2) is 10.9. The molecule has 0 aromatic rings. The van der Waals surface area contributed by atoms with Crippen molar-refractivity contribution in [3.8, 4) is 0 Å². The van der Waals surface area contributed by atoms with Crippen LogP contribution in [0.4, 0.5) is 0 Å². The average molecular weight is 289 g/mol. The van der Waals surface area contributed by atoms with Gasteiger partial charge in [-0.1, -0.05) is 66.2 Å². The largest absolute Gasteiger partial charge is 0.290 e. The second-order valence-electron chi connectivity index (χ2n) is 6.75. The molecule has 0 N–H and O–H groups in total. The van der Waals surface area contributed by atoms with E-state index in [2.05, 4.69) is 27.7 Å². The van der Waals surface area contributed by atoms with E-state index in [9.17, 15) is 9.46 Å². The standard InChI is InChI=1S/C16H34O2P/c1-15(2)11-7-5-9-13-19(17,18)14-10-6-8-12-16(3)4/h15-16H,5-14H2,1-4H3. The molecule has 0 saturated carbocycles. The third-order valence-electron chi connectivity index (χ3n) is 3.56. The van der Waals surface area contributed by atoms with Crippen LogP contribution in [0.1, 0.15) is 79.1 Å². The first kappa shape index (κ1) is 19.2. The fourth-order valence-electron chi connectivity index (χ4n) is 2.28. The van der Waals surface area contributed by atoms with Crippen molar-refractivity contribution in [2.24, 2.45) is 11.8 Å². The van der Waals surface area contributed by atoms with Gasteiger partial charge in [0, 0.05) is 12.3 Å². The van der Waals surface area contributed by atoms with E-state index in [0.29, 0.717) is 12.3 Å². The molecule has 0 aliphatic rings. The van der Waals surface area contributed by atoms with E-state index < -0.39 is 7.37 Å². The molecule has 0 spiro atoms. The van der Waals surface area contributed by atoms with E-state index in [4.69, 9.17) is 0 Å². The van der Waals surface area contributed by atoms with E-state index >= 15 is 0 Å². The van der Waals surface area contributed by atoms with Gasteiger partial charge in [-0.25, -0.2) is 0 Å². The van der Waals surface area contributed by atoms with Crippen LogP contribution in [0.5, 0.6) is 0 Å². The molecule has 1 radical (unpaired) electrons. The topological polar surface area (TPSA) is 37.0 Å². The van der Waals surface area contributed by atoms with Gasteiger partial charge < -0.3 is 0 Å².